The average molecular weight is 339 g/mol. The Morgan fingerprint density at radius 3 is 2.29 bits per heavy atom. The molecule has 5 nitrogen and oxygen atoms in total. The number of nitro groups is 1. The Hall–Kier alpha value is -1.65. The molecule has 0 bridgehead atoms. The number of hydrogen-bond acceptors (Lipinski definition) is 3. The maximum Gasteiger partial charge on any atom is 0.303 e. The summed E-state index contributed by atoms with van der Waals surface area (Å²) in [7, 11) is 0. The molecule has 0 saturated carbocycles. The normalized spacial score (nSPS) is 14.2. The third kappa shape index (κ3) is 14.0. The van der Waals surface area contributed by atoms with E-state index in [1.165, 1.54) is 19.3 Å². The number of nitrogens with zero attached hydrogens (tertiary/aromatic N) is 1. The standard InChI is InChI=1S/C19H33NO4/c1-3-4-5-6-7-8-9-10-11-12-13-14-18(20(23)24)15-17(2)16-19(21)22/h7-8,10-11,17-18H,3-6,9,12-16H2,1-2H3,(H,21,22)/b8-7-,11-10-. The van der Waals surface area contributed by atoms with E-state index in [0.29, 0.717) is 12.8 Å². The van der Waals surface area contributed by atoms with Crippen molar-refractivity contribution in [2.24, 2.45) is 5.92 Å². The summed E-state index contributed by atoms with van der Waals surface area (Å²) in [4.78, 5) is 21.4. The molecule has 2 atom stereocenters. The second-order valence-electron chi connectivity index (χ2n) is 6.48. The molecule has 2 unspecified atom stereocenters. The third-order valence-electron chi connectivity index (χ3n) is 3.98. The molecule has 0 aliphatic rings. The Morgan fingerprint density at radius 1 is 1.12 bits per heavy atom. The molecule has 0 radical (unpaired) electrons. The van der Waals surface area contributed by atoms with Crippen LogP contribution in [-0.2, 0) is 4.79 Å². The molecule has 1 N–H and O–H groups in total. The smallest absolute Gasteiger partial charge is 0.303 e. The van der Waals surface area contributed by atoms with Crippen LogP contribution >= 0.6 is 0 Å². The van der Waals surface area contributed by atoms with Crippen LogP contribution in [-0.4, -0.2) is 22.0 Å². The van der Waals surface area contributed by atoms with Crippen molar-refractivity contribution in [2.45, 2.75) is 84.1 Å². The topological polar surface area (TPSA) is 80.4 Å². The van der Waals surface area contributed by atoms with Gasteiger partial charge >= 0.3 is 5.97 Å². The highest BCUT2D eigenvalue weighted by atomic mass is 16.6. The Bertz CT molecular complexity index is 404. The van der Waals surface area contributed by atoms with E-state index < -0.39 is 12.0 Å². The summed E-state index contributed by atoms with van der Waals surface area (Å²) in [6.45, 7) is 3.96. The summed E-state index contributed by atoms with van der Waals surface area (Å²) < 4.78 is 0. The number of carboxylic acids is 1. The van der Waals surface area contributed by atoms with Gasteiger partial charge in [-0.25, -0.2) is 0 Å². The summed E-state index contributed by atoms with van der Waals surface area (Å²) in [5.74, 6) is -1.05. The number of rotatable bonds is 15. The summed E-state index contributed by atoms with van der Waals surface area (Å²) in [6.07, 6.45) is 16.8. The zero-order valence-corrected chi connectivity index (χ0v) is 15.2. The molecule has 24 heavy (non-hydrogen) atoms. The second kappa shape index (κ2) is 14.9. The number of allylic oxidation sites excluding steroid dienone is 4. The van der Waals surface area contributed by atoms with Gasteiger partial charge < -0.3 is 5.11 Å². The maximum atomic E-state index is 11.1. The number of carboxylic acid groups (broad SMARTS) is 1. The molecule has 0 aromatic heterocycles. The minimum atomic E-state index is -0.893. The number of hydrogen-bond donors (Lipinski definition) is 1. The highest BCUT2D eigenvalue weighted by Crippen LogP contribution is 2.17. The van der Waals surface area contributed by atoms with Crippen molar-refractivity contribution in [1.82, 2.24) is 0 Å². The van der Waals surface area contributed by atoms with Gasteiger partial charge in [0.05, 0.1) is 0 Å². The molecule has 0 aliphatic carbocycles. The van der Waals surface area contributed by atoms with Gasteiger partial charge in [-0.15, -0.1) is 0 Å². The van der Waals surface area contributed by atoms with Crippen LogP contribution in [0.2, 0.25) is 0 Å². The van der Waals surface area contributed by atoms with Crippen LogP contribution < -0.4 is 0 Å². The molecule has 0 saturated heterocycles. The summed E-state index contributed by atoms with van der Waals surface area (Å²) in [5.41, 5.74) is 0. The van der Waals surface area contributed by atoms with E-state index in [2.05, 4.69) is 31.2 Å². The van der Waals surface area contributed by atoms with Gasteiger partial charge in [-0.05, 0) is 38.0 Å². The van der Waals surface area contributed by atoms with Crippen LogP contribution in [0.1, 0.15) is 78.1 Å². The second-order valence-corrected chi connectivity index (χ2v) is 6.48. The van der Waals surface area contributed by atoms with E-state index in [1.807, 2.05) is 0 Å². The molecule has 0 aliphatic heterocycles. The largest absolute Gasteiger partial charge is 0.481 e. The van der Waals surface area contributed by atoms with E-state index in [4.69, 9.17) is 5.11 Å². The van der Waals surface area contributed by atoms with Crippen molar-refractivity contribution in [2.75, 3.05) is 0 Å². The summed E-state index contributed by atoms with van der Waals surface area (Å²) >= 11 is 0. The van der Waals surface area contributed by atoms with Crippen molar-refractivity contribution in [3.05, 3.63) is 34.4 Å². The monoisotopic (exact) mass is 339 g/mol. The van der Waals surface area contributed by atoms with Gasteiger partial charge in [0.1, 0.15) is 0 Å². The lowest BCUT2D eigenvalue weighted by molar-refractivity contribution is -0.525. The molecule has 138 valence electrons. The van der Waals surface area contributed by atoms with E-state index in [9.17, 15) is 14.9 Å². The van der Waals surface area contributed by atoms with Crippen molar-refractivity contribution in [1.29, 1.82) is 0 Å². The Balaban J connectivity index is 3.86. The molecule has 0 heterocycles. The molecule has 0 fully saturated rings. The zero-order chi connectivity index (χ0) is 18.2. The fraction of sp³-hybridized carbons (Fsp3) is 0.737. The van der Waals surface area contributed by atoms with Crippen molar-refractivity contribution in [3.8, 4) is 0 Å². The van der Waals surface area contributed by atoms with E-state index in [0.717, 1.165) is 25.7 Å². The van der Waals surface area contributed by atoms with Crippen molar-refractivity contribution in [3.63, 3.8) is 0 Å². The molecular weight excluding hydrogens is 306 g/mol. The van der Waals surface area contributed by atoms with Gasteiger partial charge in [-0.2, -0.15) is 0 Å². The van der Waals surface area contributed by atoms with Gasteiger partial charge in [0.25, 0.3) is 0 Å². The zero-order valence-electron chi connectivity index (χ0n) is 15.2. The van der Waals surface area contributed by atoms with Gasteiger partial charge in [-0.3, -0.25) is 14.9 Å². The van der Waals surface area contributed by atoms with Crippen LogP contribution in [0.4, 0.5) is 0 Å². The van der Waals surface area contributed by atoms with E-state index >= 15 is 0 Å². The minimum Gasteiger partial charge on any atom is -0.481 e. The predicted molar refractivity (Wildman–Crippen MR) is 97.7 cm³/mol. The summed E-state index contributed by atoms with van der Waals surface area (Å²) in [5, 5.41) is 19.8. The van der Waals surface area contributed by atoms with Gasteiger partial charge in [0, 0.05) is 24.2 Å². The van der Waals surface area contributed by atoms with Gasteiger partial charge in [0.2, 0.25) is 6.04 Å². The third-order valence-corrected chi connectivity index (χ3v) is 3.98. The molecule has 5 heteroatoms. The van der Waals surface area contributed by atoms with Gasteiger partial charge in [0.15, 0.2) is 0 Å². The Labute approximate surface area is 146 Å². The lowest BCUT2D eigenvalue weighted by atomic mass is 9.95. The number of carbonyl (C=O) groups is 1. The fourth-order valence-corrected chi connectivity index (χ4v) is 2.65. The highest BCUT2D eigenvalue weighted by Gasteiger charge is 2.23. The first-order valence-electron chi connectivity index (χ1n) is 9.12. The molecule has 0 aromatic carbocycles. The predicted octanol–water partition coefficient (Wildman–Crippen LogP) is 5.39. The Morgan fingerprint density at radius 2 is 1.75 bits per heavy atom. The van der Waals surface area contributed by atoms with Crippen LogP contribution in [0.5, 0.6) is 0 Å². The highest BCUT2D eigenvalue weighted by molar-refractivity contribution is 5.66. The van der Waals surface area contributed by atoms with Crippen LogP contribution in [0.25, 0.3) is 0 Å². The SMILES string of the molecule is CCCCC/C=C\C/C=C\CCCC(CC(C)CC(=O)O)[N+](=O)[O-]. The molecule has 0 rings (SSSR count). The fourth-order valence-electron chi connectivity index (χ4n) is 2.65. The average Bonchev–Trinajstić information content (AvgIpc) is 2.50. The molecule has 0 spiro atoms. The van der Waals surface area contributed by atoms with Crippen LogP contribution in [0, 0.1) is 16.0 Å². The maximum absolute atomic E-state index is 11.1. The van der Waals surface area contributed by atoms with Crippen LogP contribution in [0.3, 0.4) is 0 Å². The summed E-state index contributed by atoms with van der Waals surface area (Å²) in [6, 6.07) is -0.633. The first kappa shape index (κ1) is 22.4. The van der Waals surface area contributed by atoms with Gasteiger partial charge in [-0.1, -0.05) is 51.0 Å². The van der Waals surface area contributed by atoms with Crippen LogP contribution in [0.15, 0.2) is 24.3 Å². The first-order chi connectivity index (χ1) is 11.5. The van der Waals surface area contributed by atoms with Crippen molar-refractivity contribution >= 4 is 5.97 Å². The Kier molecular flexibility index (Phi) is 13.9. The van der Waals surface area contributed by atoms with Crippen molar-refractivity contribution < 1.29 is 14.8 Å². The molecular formula is C19H33NO4. The quantitative estimate of drug-likeness (QED) is 0.188. The lowest BCUT2D eigenvalue weighted by Crippen LogP contribution is -2.23. The van der Waals surface area contributed by atoms with E-state index in [1.54, 1.807) is 6.92 Å². The molecule has 0 aromatic rings. The van der Waals surface area contributed by atoms with E-state index in [-0.39, 0.29) is 17.3 Å². The molecule has 0 amide bonds. The number of unbranched alkanes of at least 4 members (excludes halogenated alkanes) is 4. The lowest BCUT2D eigenvalue weighted by Gasteiger charge is -2.13. The minimum absolute atomic E-state index is 0.00513. The first-order valence-corrected chi connectivity index (χ1v) is 9.12. The number of aliphatic carboxylic acids is 1.